The summed E-state index contributed by atoms with van der Waals surface area (Å²) in [6.07, 6.45) is 3.83. The number of rotatable bonds is 2. The highest BCUT2D eigenvalue weighted by molar-refractivity contribution is 6.30. The summed E-state index contributed by atoms with van der Waals surface area (Å²) in [4.78, 5) is 15.1. The van der Waals surface area contributed by atoms with Gasteiger partial charge in [-0.2, -0.15) is 5.10 Å². The maximum Gasteiger partial charge on any atom is 0.251 e. The van der Waals surface area contributed by atoms with Crippen LogP contribution in [-0.4, -0.2) is 27.7 Å². The van der Waals surface area contributed by atoms with Crippen LogP contribution in [0.15, 0.2) is 41.3 Å². The molecule has 0 spiro atoms. The van der Waals surface area contributed by atoms with Crippen molar-refractivity contribution in [2.45, 2.75) is 18.8 Å². The second-order valence-corrected chi connectivity index (χ2v) is 6.35. The van der Waals surface area contributed by atoms with Gasteiger partial charge in [0.2, 0.25) is 0 Å². The molecule has 1 saturated heterocycles. The molecule has 0 amide bonds. The molecule has 0 saturated carbocycles. The van der Waals surface area contributed by atoms with Gasteiger partial charge in [0.15, 0.2) is 0 Å². The van der Waals surface area contributed by atoms with E-state index in [0.29, 0.717) is 10.9 Å². The summed E-state index contributed by atoms with van der Waals surface area (Å²) in [6, 6.07) is 9.26. The second-order valence-electron chi connectivity index (χ2n) is 5.91. The number of hydrogen-bond acceptors (Lipinski definition) is 3. The normalized spacial score (nSPS) is 15.4. The Labute approximate surface area is 150 Å². The Morgan fingerprint density at radius 2 is 2.00 bits per heavy atom. The zero-order valence-electron chi connectivity index (χ0n) is 13.0. The molecular formula is C17H18Cl2N4O. The minimum absolute atomic E-state index is 0. The molecular weight excluding hydrogens is 347 g/mol. The molecule has 7 heteroatoms. The molecule has 1 aliphatic heterocycles. The SMILES string of the molecule is Cl.O=c1cc(C2CCNCC2)n2ncc(-c3cccc(Cl)c3)c2[nH]1. The predicted octanol–water partition coefficient (Wildman–Crippen LogP) is 3.23. The van der Waals surface area contributed by atoms with Gasteiger partial charge in [0.05, 0.1) is 11.9 Å². The zero-order valence-corrected chi connectivity index (χ0v) is 14.5. The van der Waals surface area contributed by atoms with Gasteiger partial charge in [-0.3, -0.25) is 4.79 Å². The van der Waals surface area contributed by atoms with Crippen LogP contribution in [0.5, 0.6) is 0 Å². The Morgan fingerprint density at radius 3 is 2.75 bits per heavy atom. The van der Waals surface area contributed by atoms with Crippen molar-refractivity contribution in [3.63, 3.8) is 0 Å². The summed E-state index contributed by atoms with van der Waals surface area (Å²) in [5, 5.41) is 8.54. The van der Waals surface area contributed by atoms with Gasteiger partial charge in [0, 0.05) is 22.6 Å². The molecule has 0 unspecified atom stereocenters. The smallest absolute Gasteiger partial charge is 0.251 e. The van der Waals surface area contributed by atoms with Gasteiger partial charge in [-0.1, -0.05) is 23.7 Å². The number of benzene rings is 1. The van der Waals surface area contributed by atoms with E-state index in [9.17, 15) is 4.79 Å². The van der Waals surface area contributed by atoms with Gasteiger partial charge in [-0.05, 0) is 43.6 Å². The van der Waals surface area contributed by atoms with Crippen molar-refractivity contribution in [1.29, 1.82) is 0 Å². The van der Waals surface area contributed by atoms with E-state index in [4.69, 9.17) is 11.6 Å². The molecule has 0 atom stereocenters. The number of nitrogens with zero attached hydrogens (tertiary/aromatic N) is 2. The van der Waals surface area contributed by atoms with Crippen LogP contribution >= 0.6 is 24.0 Å². The van der Waals surface area contributed by atoms with Crippen molar-refractivity contribution >= 4 is 29.7 Å². The number of hydrogen-bond donors (Lipinski definition) is 2. The van der Waals surface area contributed by atoms with Crippen LogP contribution in [0.25, 0.3) is 16.8 Å². The summed E-state index contributed by atoms with van der Waals surface area (Å²) in [5.41, 5.74) is 3.47. The van der Waals surface area contributed by atoms with Gasteiger partial charge in [0.1, 0.15) is 5.65 Å². The lowest BCUT2D eigenvalue weighted by atomic mass is 9.94. The fraction of sp³-hybridized carbons (Fsp3) is 0.294. The van der Waals surface area contributed by atoms with Crippen LogP contribution in [0.1, 0.15) is 24.5 Å². The Hall–Kier alpha value is -1.82. The lowest BCUT2D eigenvalue weighted by Crippen LogP contribution is -2.28. The Morgan fingerprint density at radius 1 is 1.21 bits per heavy atom. The fourth-order valence-corrected chi connectivity index (χ4v) is 3.48. The number of aromatic nitrogens is 3. The van der Waals surface area contributed by atoms with E-state index in [1.807, 2.05) is 28.8 Å². The van der Waals surface area contributed by atoms with E-state index >= 15 is 0 Å². The lowest BCUT2D eigenvalue weighted by molar-refractivity contribution is 0.446. The number of fused-ring (bicyclic) bond motifs is 1. The van der Waals surface area contributed by atoms with Gasteiger partial charge in [0.25, 0.3) is 5.56 Å². The number of piperidine rings is 1. The van der Waals surface area contributed by atoms with Crippen molar-refractivity contribution in [3.8, 4) is 11.1 Å². The maximum absolute atomic E-state index is 12.2. The molecule has 1 fully saturated rings. The first-order chi connectivity index (χ1) is 11.2. The van der Waals surface area contributed by atoms with Gasteiger partial charge in [-0.15, -0.1) is 12.4 Å². The predicted molar refractivity (Wildman–Crippen MR) is 98.4 cm³/mol. The monoisotopic (exact) mass is 364 g/mol. The van der Waals surface area contributed by atoms with Crippen LogP contribution < -0.4 is 10.9 Å². The molecule has 1 aromatic carbocycles. The van der Waals surface area contributed by atoms with Crippen molar-refractivity contribution < 1.29 is 0 Å². The van der Waals surface area contributed by atoms with Crippen LogP contribution in [0, 0.1) is 0 Å². The highest BCUT2D eigenvalue weighted by atomic mass is 35.5. The van der Waals surface area contributed by atoms with Gasteiger partial charge >= 0.3 is 0 Å². The van der Waals surface area contributed by atoms with Crippen molar-refractivity contribution in [2.75, 3.05) is 13.1 Å². The van der Waals surface area contributed by atoms with E-state index in [0.717, 1.165) is 48.4 Å². The molecule has 126 valence electrons. The summed E-state index contributed by atoms with van der Waals surface area (Å²) in [5.74, 6) is 0.355. The van der Waals surface area contributed by atoms with E-state index in [1.54, 1.807) is 12.3 Å². The Bertz CT molecular complexity index is 912. The molecule has 0 bridgehead atoms. The first-order valence-corrected chi connectivity index (χ1v) is 8.18. The average Bonchev–Trinajstić information content (AvgIpc) is 2.98. The van der Waals surface area contributed by atoms with Crippen LogP contribution in [-0.2, 0) is 0 Å². The molecule has 0 aliphatic carbocycles. The zero-order chi connectivity index (χ0) is 15.8. The summed E-state index contributed by atoms with van der Waals surface area (Å²) in [6.45, 7) is 1.95. The van der Waals surface area contributed by atoms with E-state index in [2.05, 4.69) is 15.4 Å². The molecule has 0 radical (unpaired) electrons. The van der Waals surface area contributed by atoms with Crippen LogP contribution in [0.3, 0.4) is 0 Å². The number of aromatic amines is 1. The molecule has 3 aromatic rings. The number of nitrogens with one attached hydrogen (secondary N) is 2. The maximum atomic E-state index is 12.2. The number of H-pyrrole nitrogens is 1. The molecule has 4 rings (SSSR count). The van der Waals surface area contributed by atoms with Crippen LogP contribution in [0.4, 0.5) is 0 Å². The Balaban J connectivity index is 0.00000169. The first-order valence-electron chi connectivity index (χ1n) is 7.80. The fourth-order valence-electron chi connectivity index (χ4n) is 3.29. The highest BCUT2D eigenvalue weighted by Crippen LogP contribution is 2.29. The quantitative estimate of drug-likeness (QED) is 0.733. The molecule has 1 aliphatic rings. The van der Waals surface area contributed by atoms with Crippen molar-refractivity contribution in [3.05, 3.63) is 57.6 Å². The van der Waals surface area contributed by atoms with E-state index in [1.165, 1.54) is 0 Å². The number of halogens is 2. The minimum Gasteiger partial charge on any atom is -0.317 e. The largest absolute Gasteiger partial charge is 0.317 e. The summed E-state index contributed by atoms with van der Waals surface area (Å²) in [7, 11) is 0. The van der Waals surface area contributed by atoms with Crippen molar-refractivity contribution in [1.82, 2.24) is 19.9 Å². The third kappa shape index (κ3) is 3.07. The minimum atomic E-state index is -0.0881. The second kappa shape index (κ2) is 6.97. The first kappa shape index (κ1) is 17.0. The standard InChI is InChI=1S/C17H17ClN4O.ClH/c18-13-3-1-2-12(8-13)14-10-20-22-15(9-16(23)21-17(14)22)11-4-6-19-7-5-11;/h1-3,8-11,19H,4-7H2,(H,21,23);1H. The third-order valence-corrected chi connectivity index (χ3v) is 4.66. The van der Waals surface area contributed by atoms with E-state index < -0.39 is 0 Å². The van der Waals surface area contributed by atoms with Gasteiger partial charge < -0.3 is 10.3 Å². The Kier molecular flexibility index (Phi) is 4.94. The third-order valence-electron chi connectivity index (χ3n) is 4.43. The molecule has 24 heavy (non-hydrogen) atoms. The van der Waals surface area contributed by atoms with Gasteiger partial charge in [-0.25, -0.2) is 4.52 Å². The summed E-state index contributed by atoms with van der Waals surface area (Å²) < 4.78 is 1.87. The van der Waals surface area contributed by atoms with Crippen molar-refractivity contribution in [2.24, 2.45) is 0 Å². The average molecular weight is 365 g/mol. The summed E-state index contributed by atoms with van der Waals surface area (Å²) >= 11 is 6.09. The van der Waals surface area contributed by atoms with E-state index in [-0.39, 0.29) is 18.0 Å². The lowest BCUT2D eigenvalue weighted by Gasteiger charge is -2.23. The highest BCUT2D eigenvalue weighted by Gasteiger charge is 2.20. The van der Waals surface area contributed by atoms with Crippen LogP contribution in [0.2, 0.25) is 5.02 Å². The molecule has 2 N–H and O–H groups in total. The molecule has 5 nitrogen and oxygen atoms in total. The molecule has 2 aromatic heterocycles. The topological polar surface area (TPSA) is 62.2 Å². The molecule has 3 heterocycles.